The number of aliphatic hydroxyl groups excluding tert-OH is 1. The molecule has 0 aromatic rings. The average Bonchev–Trinajstić information content (AvgIpc) is 2.28. The van der Waals surface area contributed by atoms with Crippen LogP contribution in [0.2, 0.25) is 0 Å². The maximum atomic E-state index is 11.7. The van der Waals surface area contributed by atoms with E-state index in [-0.39, 0.29) is 12.5 Å². The summed E-state index contributed by atoms with van der Waals surface area (Å²) in [5.74, 6) is 0.537. The van der Waals surface area contributed by atoms with Gasteiger partial charge in [0.05, 0.1) is 6.54 Å². The molecule has 1 atom stereocenters. The van der Waals surface area contributed by atoms with Gasteiger partial charge in [0.15, 0.2) is 0 Å². The third-order valence-electron chi connectivity index (χ3n) is 3.12. The summed E-state index contributed by atoms with van der Waals surface area (Å²) in [5, 5.41) is 9.08. The van der Waals surface area contributed by atoms with E-state index < -0.39 is 0 Å². The van der Waals surface area contributed by atoms with Crippen LogP contribution >= 0.6 is 0 Å². The van der Waals surface area contributed by atoms with Gasteiger partial charge in [0, 0.05) is 26.7 Å². The number of carbonyl (C=O) groups excluding carboxylic acids is 1. The van der Waals surface area contributed by atoms with Crippen LogP contribution in [-0.4, -0.2) is 60.6 Å². The van der Waals surface area contributed by atoms with E-state index in [1.165, 1.54) is 0 Å². The zero-order valence-corrected chi connectivity index (χ0v) is 9.78. The topological polar surface area (TPSA) is 43.8 Å². The predicted octanol–water partition coefficient (Wildman–Crippen LogP) is 0.169. The number of hydrogen-bond acceptors (Lipinski definition) is 3. The van der Waals surface area contributed by atoms with Crippen LogP contribution in [0.4, 0.5) is 0 Å². The Morgan fingerprint density at radius 3 is 2.93 bits per heavy atom. The molecule has 0 bridgehead atoms. The molecule has 1 heterocycles. The maximum absolute atomic E-state index is 11.7. The lowest BCUT2D eigenvalue weighted by Gasteiger charge is -2.32. The number of amides is 1. The van der Waals surface area contributed by atoms with E-state index in [0.29, 0.717) is 12.5 Å². The molecular weight excluding hydrogens is 192 g/mol. The number of hydrogen-bond donors (Lipinski definition) is 1. The summed E-state index contributed by atoms with van der Waals surface area (Å²) in [4.78, 5) is 15.5. The lowest BCUT2D eigenvalue weighted by Crippen LogP contribution is -2.43. The lowest BCUT2D eigenvalue weighted by molar-refractivity contribution is -0.131. The molecule has 0 aromatic heterocycles. The smallest absolute Gasteiger partial charge is 0.236 e. The molecule has 0 spiro atoms. The first-order chi connectivity index (χ1) is 7.17. The van der Waals surface area contributed by atoms with E-state index in [1.807, 2.05) is 14.0 Å². The van der Waals surface area contributed by atoms with Crippen LogP contribution in [0.1, 0.15) is 19.8 Å². The van der Waals surface area contributed by atoms with Crippen molar-refractivity contribution in [1.29, 1.82) is 0 Å². The van der Waals surface area contributed by atoms with Crippen LogP contribution in [-0.2, 0) is 4.79 Å². The second kappa shape index (κ2) is 6.08. The summed E-state index contributed by atoms with van der Waals surface area (Å²) in [7, 11) is 1.83. The van der Waals surface area contributed by atoms with Crippen molar-refractivity contribution in [3.63, 3.8) is 0 Å². The highest BCUT2D eigenvalue weighted by Gasteiger charge is 2.21. The Morgan fingerprint density at radius 1 is 1.60 bits per heavy atom. The van der Waals surface area contributed by atoms with Crippen LogP contribution in [0, 0.1) is 5.92 Å². The Hall–Kier alpha value is -0.610. The van der Waals surface area contributed by atoms with Crippen LogP contribution in [0.25, 0.3) is 0 Å². The van der Waals surface area contributed by atoms with Crippen molar-refractivity contribution in [2.75, 3.05) is 39.8 Å². The molecule has 1 aliphatic rings. The first-order valence-corrected chi connectivity index (χ1v) is 5.74. The Labute approximate surface area is 91.9 Å². The van der Waals surface area contributed by atoms with Crippen molar-refractivity contribution in [3.05, 3.63) is 0 Å². The summed E-state index contributed by atoms with van der Waals surface area (Å²) in [6, 6.07) is 0. The average molecular weight is 214 g/mol. The number of carbonyl (C=O) groups is 1. The van der Waals surface area contributed by atoms with Crippen LogP contribution in [0.15, 0.2) is 0 Å². The molecule has 1 fully saturated rings. The van der Waals surface area contributed by atoms with Gasteiger partial charge in [0.25, 0.3) is 0 Å². The minimum atomic E-state index is 0.177. The van der Waals surface area contributed by atoms with E-state index >= 15 is 0 Å². The zero-order chi connectivity index (χ0) is 11.3. The highest BCUT2D eigenvalue weighted by molar-refractivity contribution is 5.77. The van der Waals surface area contributed by atoms with Gasteiger partial charge >= 0.3 is 0 Å². The summed E-state index contributed by atoms with van der Waals surface area (Å²) in [6.45, 7) is 5.33. The van der Waals surface area contributed by atoms with Gasteiger partial charge in [-0.25, -0.2) is 0 Å². The molecule has 1 amide bonds. The predicted molar refractivity (Wildman–Crippen MR) is 59.6 cm³/mol. The van der Waals surface area contributed by atoms with Gasteiger partial charge in [-0.2, -0.15) is 0 Å². The molecular formula is C11H22N2O2. The summed E-state index contributed by atoms with van der Waals surface area (Å²) in [5.41, 5.74) is 0. The molecule has 0 aromatic carbocycles. The van der Waals surface area contributed by atoms with Gasteiger partial charge in [-0.3, -0.25) is 9.69 Å². The Kier molecular flexibility index (Phi) is 5.05. The third kappa shape index (κ3) is 3.80. The van der Waals surface area contributed by atoms with E-state index in [4.69, 9.17) is 5.11 Å². The standard InChI is InChI=1S/C11H22N2O2/c1-3-12(2)11(15)8-13-6-4-5-10(7-13)9-14/h10,14H,3-9H2,1-2H3. The van der Waals surface area contributed by atoms with E-state index in [2.05, 4.69) is 4.90 Å². The van der Waals surface area contributed by atoms with Gasteiger partial charge in [0.2, 0.25) is 5.91 Å². The fourth-order valence-electron chi connectivity index (χ4n) is 1.93. The second-order valence-corrected chi connectivity index (χ2v) is 4.33. The maximum Gasteiger partial charge on any atom is 0.236 e. The van der Waals surface area contributed by atoms with Gasteiger partial charge in [-0.1, -0.05) is 0 Å². The van der Waals surface area contributed by atoms with Crippen molar-refractivity contribution in [1.82, 2.24) is 9.80 Å². The quantitative estimate of drug-likeness (QED) is 0.725. The Morgan fingerprint density at radius 2 is 2.33 bits per heavy atom. The minimum absolute atomic E-state index is 0.177. The first kappa shape index (κ1) is 12.5. The largest absolute Gasteiger partial charge is 0.396 e. The van der Waals surface area contributed by atoms with Crippen molar-refractivity contribution >= 4 is 5.91 Å². The summed E-state index contributed by atoms with van der Waals surface area (Å²) in [6.07, 6.45) is 2.18. The highest BCUT2D eigenvalue weighted by Crippen LogP contribution is 2.15. The molecule has 0 radical (unpaired) electrons. The fourth-order valence-corrected chi connectivity index (χ4v) is 1.93. The van der Waals surface area contributed by atoms with E-state index in [0.717, 1.165) is 32.5 Å². The van der Waals surface area contributed by atoms with Crippen LogP contribution < -0.4 is 0 Å². The second-order valence-electron chi connectivity index (χ2n) is 4.33. The molecule has 0 saturated carbocycles. The van der Waals surface area contributed by atoms with Crippen molar-refractivity contribution in [3.8, 4) is 0 Å². The molecule has 1 saturated heterocycles. The van der Waals surface area contributed by atoms with Crippen LogP contribution in [0.3, 0.4) is 0 Å². The molecule has 1 N–H and O–H groups in total. The number of nitrogens with zero attached hydrogens (tertiary/aromatic N) is 2. The summed E-state index contributed by atoms with van der Waals surface area (Å²) >= 11 is 0. The monoisotopic (exact) mass is 214 g/mol. The van der Waals surface area contributed by atoms with Gasteiger partial charge < -0.3 is 10.0 Å². The molecule has 1 unspecified atom stereocenters. The van der Waals surface area contributed by atoms with Gasteiger partial charge in [-0.15, -0.1) is 0 Å². The van der Waals surface area contributed by atoms with Crippen molar-refractivity contribution in [2.45, 2.75) is 19.8 Å². The summed E-state index contributed by atoms with van der Waals surface area (Å²) < 4.78 is 0. The SMILES string of the molecule is CCN(C)C(=O)CN1CCCC(CO)C1. The Bertz CT molecular complexity index is 209. The van der Waals surface area contributed by atoms with E-state index in [9.17, 15) is 4.79 Å². The third-order valence-corrected chi connectivity index (χ3v) is 3.12. The van der Waals surface area contributed by atoms with Gasteiger partial charge in [-0.05, 0) is 32.2 Å². The number of rotatable bonds is 4. The molecule has 1 aliphatic heterocycles. The minimum Gasteiger partial charge on any atom is -0.396 e. The van der Waals surface area contributed by atoms with Crippen molar-refractivity contribution < 1.29 is 9.90 Å². The molecule has 88 valence electrons. The number of aliphatic hydroxyl groups is 1. The first-order valence-electron chi connectivity index (χ1n) is 5.74. The number of piperidine rings is 1. The molecule has 4 heteroatoms. The molecule has 0 aliphatic carbocycles. The lowest BCUT2D eigenvalue weighted by atomic mass is 9.99. The highest BCUT2D eigenvalue weighted by atomic mass is 16.3. The Balaban J connectivity index is 2.34. The van der Waals surface area contributed by atoms with Gasteiger partial charge in [0.1, 0.15) is 0 Å². The molecule has 4 nitrogen and oxygen atoms in total. The molecule has 15 heavy (non-hydrogen) atoms. The number of likely N-dealkylation sites (N-methyl/N-ethyl adjacent to an activating group) is 1. The van der Waals surface area contributed by atoms with E-state index in [1.54, 1.807) is 4.90 Å². The number of likely N-dealkylation sites (tertiary alicyclic amines) is 1. The van der Waals surface area contributed by atoms with Crippen LogP contribution in [0.5, 0.6) is 0 Å². The zero-order valence-electron chi connectivity index (χ0n) is 9.78. The normalized spacial score (nSPS) is 22.7. The molecule has 1 rings (SSSR count). The van der Waals surface area contributed by atoms with Crippen molar-refractivity contribution in [2.24, 2.45) is 5.92 Å². The fraction of sp³-hybridized carbons (Fsp3) is 0.909.